The van der Waals surface area contributed by atoms with Crippen LogP contribution in [0.3, 0.4) is 0 Å². The third-order valence-electron chi connectivity index (χ3n) is 14.2. The number of carbonyl (C=O) groups is 13. The Hall–Kier alpha value is -8.82. The molecule has 0 radical (unpaired) electrons. The van der Waals surface area contributed by atoms with Gasteiger partial charge in [0.25, 0.3) is 0 Å². The van der Waals surface area contributed by atoms with E-state index in [1.165, 1.54) is 43.7 Å². The molecule has 0 fully saturated rings. The van der Waals surface area contributed by atoms with Crippen molar-refractivity contribution in [2.75, 3.05) is 26.4 Å². The summed E-state index contributed by atoms with van der Waals surface area (Å²) in [6, 6.07) is -11.1. The molecule has 0 spiro atoms. The Labute approximate surface area is 520 Å². The van der Waals surface area contributed by atoms with E-state index in [1.807, 2.05) is 0 Å². The molecule has 33 nitrogen and oxygen atoms in total. The molecule has 0 aliphatic heterocycles. The number of aromatic nitrogens is 2. The van der Waals surface area contributed by atoms with Crippen LogP contribution in [-0.4, -0.2) is 210 Å². The number of aromatic amines is 1. The highest BCUT2D eigenvalue weighted by atomic mass is 16.4. The van der Waals surface area contributed by atoms with E-state index >= 15 is 0 Å². The Kier molecular flexibility index (Phi) is 33.1. The number of carbonyl (C=O) groups excluding carboxylic acids is 11. The molecule has 13 atom stereocenters. The maximum Gasteiger partial charge on any atom is 0.328 e. The number of phenolic OH excluding ortho intramolecular Hbond substituents is 1. The van der Waals surface area contributed by atoms with E-state index in [1.54, 1.807) is 55.4 Å². The van der Waals surface area contributed by atoms with Crippen LogP contribution in [0.5, 0.6) is 5.75 Å². The fourth-order valence-electron chi connectivity index (χ4n) is 8.62. The highest BCUT2D eigenvalue weighted by Gasteiger charge is 2.38. The number of phenols is 1. The highest BCUT2D eigenvalue weighted by molar-refractivity contribution is 5.99. The van der Waals surface area contributed by atoms with Gasteiger partial charge in [-0.25, -0.2) is 9.78 Å². The van der Waals surface area contributed by atoms with E-state index in [0.717, 1.165) is 0 Å². The van der Waals surface area contributed by atoms with Crippen molar-refractivity contribution in [3.05, 3.63) is 48.0 Å². The number of aliphatic hydroxyl groups is 3. The van der Waals surface area contributed by atoms with Crippen molar-refractivity contribution in [1.29, 1.82) is 0 Å². The summed E-state index contributed by atoms with van der Waals surface area (Å²) in [4.78, 5) is 180. The third kappa shape index (κ3) is 26.5. The van der Waals surface area contributed by atoms with Crippen LogP contribution in [0, 0.1) is 23.7 Å². The topological polar surface area (TPSA) is 530 Å². The summed E-state index contributed by atoms with van der Waals surface area (Å²) < 4.78 is 0. The summed E-state index contributed by atoms with van der Waals surface area (Å²) >= 11 is 0. The molecular formula is C57H90N14O19. The van der Waals surface area contributed by atoms with E-state index in [0.29, 0.717) is 5.56 Å². The predicted octanol–water partition coefficient (Wildman–Crippen LogP) is -5.07. The first kappa shape index (κ1) is 77.3. The summed E-state index contributed by atoms with van der Waals surface area (Å²) in [7, 11) is 0. The number of nitrogens with two attached hydrogens (primary N) is 1. The lowest BCUT2D eigenvalue weighted by Crippen LogP contribution is -2.62. The predicted molar refractivity (Wildman–Crippen MR) is 319 cm³/mol. The maximum atomic E-state index is 14.2. The van der Waals surface area contributed by atoms with Crippen molar-refractivity contribution in [2.24, 2.45) is 29.4 Å². The maximum absolute atomic E-state index is 14.2. The molecule has 0 aliphatic rings. The molecule has 0 aliphatic carbocycles. The molecule has 1 aromatic carbocycles. The van der Waals surface area contributed by atoms with Crippen LogP contribution in [0.25, 0.3) is 0 Å². The second kappa shape index (κ2) is 38.6. The number of rotatable bonds is 40. The molecule has 11 amide bonds. The minimum absolute atomic E-state index is 0.00878. The summed E-state index contributed by atoms with van der Waals surface area (Å²) in [5.74, 6) is -15.7. The van der Waals surface area contributed by atoms with E-state index in [-0.39, 0.29) is 61.8 Å². The number of aliphatic carboxylic acids is 2. The van der Waals surface area contributed by atoms with Gasteiger partial charge < -0.3 is 99.8 Å². The number of carboxylic acid groups (broad SMARTS) is 2. The molecule has 1 heterocycles. The summed E-state index contributed by atoms with van der Waals surface area (Å²) in [6.07, 6.45) is 1.54. The van der Waals surface area contributed by atoms with Crippen LogP contribution in [0.1, 0.15) is 106 Å². The first-order chi connectivity index (χ1) is 42.3. The monoisotopic (exact) mass is 1270 g/mol. The van der Waals surface area contributed by atoms with Crippen LogP contribution >= 0.6 is 0 Å². The summed E-state index contributed by atoms with van der Waals surface area (Å²) in [5.41, 5.74) is 6.32. The molecular weight excluding hydrogens is 1180 g/mol. The number of H-pyrrole nitrogens is 1. The molecule has 33 heteroatoms. The Morgan fingerprint density at radius 2 is 0.944 bits per heavy atom. The van der Waals surface area contributed by atoms with Crippen LogP contribution in [-0.2, 0) is 75.2 Å². The number of hydrogen-bond donors (Lipinski definition) is 19. The van der Waals surface area contributed by atoms with Gasteiger partial charge in [0.05, 0.1) is 39.1 Å². The fourth-order valence-corrected chi connectivity index (χ4v) is 8.62. The van der Waals surface area contributed by atoms with Crippen LogP contribution in [0.4, 0.5) is 0 Å². The quantitative estimate of drug-likeness (QED) is 0.0297. The average molecular weight is 1280 g/mol. The Morgan fingerprint density at radius 3 is 1.43 bits per heavy atom. The average Bonchev–Trinajstić information content (AvgIpc) is 4.08. The normalized spacial score (nSPS) is 15.5. The van der Waals surface area contributed by atoms with E-state index < -0.39 is 188 Å². The van der Waals surface area contributed by atoms with Gasteiger partial charge in [-0.15, -0.1) is 0 Å². The van der Waals surface area contributed by atoms with Crippen molar-refractivity contribution < 1.29 is 93.0 Å². The molecule has 1 aromatic heterocycles. The molecule has 20 N–H and O–H groups in total. The number of benzene rings is 1. The zero-order valence-corrected chi connectivity index (χ0v) is 51.9. The second-order valence-electron chi connectivity index (χ2n) is 22.7. The molecule has 0 unspecified atom stereocenters. The van der Waals surface area contributed by atoms with Crippen molar-refractivity contribution >= 4 is 76.9 Å². The van der Waals surface area contributed by atoms with Crippen LogP contribution in [0.2, 0.25) is 0 Å². The molecule has 0 saturated heterocycles. The highest BCUT2D eigenvalue weighted by Crippen LogP contribution is 2.16. The lowest BCUT2D eigenvalue weighted by molar-refractivity contribution is -0.143. The molecule has 2 aromatic rings. The van der Waals surface area contributed by atoms with Crippen molar-refractivity contribution in [1.82, 2.24) is 68.5 Å². The lowest BCUT2D eigenvalue weighted by Gasteiger charge is -2.30. The van der Waals surface area contributed by atoms with Gasteiger partial charge in [0, 0.05) is 24.7 Å². The van der Waals surface area contributed by atoms with Gasteiger partial charge in [0.1, 0.15) is 72.2 Å². The first-order valence-electron chi connectivity index (χ1n) is 29.4. The van der Waals surface area contributed by atoms with Crippen molar-refractivity contribution in [3.63, 3.8) is 0 Å². The lowest BCUT2D eigenvalue weighted by atomic mass is 9.94. The Balaban J connectivity index is 2.32. The van der Waals surface area contributed by atoms with Gasteiger partial charge in [-0.05, 0) is 61.1 Å². The van der Waals surface area contributed by atoms with Gasteiger partial charge in [-0.2, -0.15) is 0 Å². The number of hydrogen-bond acceptors (Lipinski definition) is 19. The minimum atomic E-state index is -1.98. The van der Waals surface area contributed by atoms with Crippen molar-refractivity contribution in [3.8, 4) is 5.75 Å². The SMILES string of the molecule is CC[C@H](C)[C@H](NC(=O)[C@H](CO)NC(=O)[C@H](CC(=O)O)NC(=O)[C@H](Cc1cnc[nH]1)NC(=O)[C@H](C)NC(=O)[C@H](CC(C)C)NC(=O)[C@@H](N)CO)C(=O)N[C@H](C(=O)NCC(=O)N[C@@H](Cc1ccc(O)cc1)C(=O)N[C@@H](CC(C)C)C(=O)N[C@@H](CO)C(=O)O)[C@@H](C)CC. The first-order valence-corrected chi connectivity index (χ1v) is 29.4. The number of nitrogens with one attached hydrogen (secondary N) is 12. The van der Waals surface area contributed by atoms with E-state index in [4.69, 9.17) is 5.73 Å². The fraction of sp³-hybridized carbons (Fsp3) is 0.614. The molecule has 2 rings (SSSR count). The molecule has 0 bridgehead atoms. The van der Waals surface area contributed by atoms with Crippen LogP contribution < -0.4 is 64.2 Å². The van der Waals surface area contributed by atoms with Crippen molar-refractivity contribution in [2.45, 2.75) is 174 Å². The molecule has 502 valence electrons. The standard InChI is InChI=1S/C57H90N14O19/c1-10-29(7)45(55(87)60-22-43(76)63-38(18-32-12-14-34(75)15-13-32)51(83)66-37(17-28(5)6)50(82)69-42(25-74)57(89)90)71-56(88)46(30(8)11-2)70-54(86)41(24-73)68-53(85)40(20-44(77)78)67-52(84)39(19-33-21-59-26-61-33)64-47(79)31(9)62-49(81)36(16-27(3)4)65-48(80)35(58)23-72/h12-15,21,26-31,35-42,45-46,72-75H,10-11,16-20,22-25,58H2,1-9H3,(H,59,61)(H,60,87)(H,62,81)(H,63,76)(H,64,79)(H,65,80)(H,66,83)(H,67,84)(H,68,85)(H,69,82)(H,70,86)(H,71,88)(H,77,78)(H,89,90)/t29-,30-,31-,35-,36-,37-,38-,39-,40-,41-,42-,45-,46-/m0/s1. The number of aromatic hydroxyl groups is 1. The molecule has 0 saturated carbocycles. The summed E-state index contributed by atoms with van der Waals surface area (Å²) in [6.45, 7) is 11.2. The number of imidazole rings is 1. The van der Waals surface area contributed by atoms with Gasteiger partial charge >= 0.3 is 11.9 Å². The molecule has 90 heavy (non-hydrogen) atoms. The van der Waals surface area contributed by atoms with E-state index in [9.17, 15) is 93.0 Å². The Bertz CT molecular complexity index is 2750. The minimum Gasteiger partial charge on any atom is -0.508 e. The van der Waals surface area contributed by atoms with Gasteiger partial charge in [-0.3, -0.25) is 57.5 Å². The summed E-state index contributed by atoms with van der Waals surface area (Å²) in [5, 5.41) is 84.7. The number of amides is 11. The zero-order valence-electron chi connectivity index (χ0n) is 51.9. The van der Waals surface area contributed by atoms with Gasteiger partial charge in [0.15, 0.2) is 0 Å². The van der Waals surface area contributed by atoms with Gasteiger partial charge in [0.2, 0.25) is 65.0 Å². The third-order valence-corrected chi connectivity index (χ3v) is 14.2. The smallest absolute Gasteiger partial charge is 0.328 e. The van der Waals surface area contributed by atoms with Crippen LogP contribution in [0.15, 0.2) is 36.8 Å². The number of carboxylic acids is 2. The second-order valence-corrected chi connectivity index (χ2v) is 22.7. The Morgan fingerprint density at radius 1 is 0.500 bits per heavy atom. The largest absolute Gasteiger partial charge is 0.508 e. The number of aliphatic hydroxyl groups excluding tert-OH is 3. The van der Waals surface area contributed by atoms with Gasteiger partial charge in [-0.1, -0.05) is 80.4 Å². The number of nitrogens with zero attached hydrogens (tertiary/aromatic N) is 1. The zero-order chi connectivity index (χ0) is 68.1. The van der Waals surface area contributed by atoms with E-state index in [2.05, 4.69) is 68.5 Å².